The van der Waals surface area contributed by atoms with Gasteiger partial charge in [-0.3, -0.25) is 9.59 Å². The monoisotopic (exact) mass is 230 g/mol. The second-order valence-corrected chi connectivity index (χ2v) is 4.68. The fourth-order valence-electron chi connectivity index (χ4n) is 1.39. The van der Waals surface area contributed by atoms with E-state index in [0.29, 0.717) is 18.9 Å². The van der Waals surface area contributed by atoms with Crippen LogP contribution >= 0.6 is 0 Å². The van der Waals surface area contributed by atoms with Crippen molar-refractivity contribution in [3.05, 3.63) is 0 Å². The van der Waals surface area contributed by atoms with Gasteiger partial charge in [0.2, 0.25) is 5.91 Å². The maximum atomic E-state index is 11.5. The number of hydrogen-bond donors (Lipinski definition) is 3. The molecule has 0 aliphatic rings. The van der Waals surface area contributed by atoms with Crippen LogP contribution in [-0.4, -0.2) is 29.6 Å². The van der Waals surface area contributed by atoms with Gasteiger partial charge in [0.15, 0.2) is 0 Å². The first kappa shape index (κ1) is 14.9. The highest BCUT2D eigenvalue weighted by molar-refractivity contribution is 5.81. The quantitative estimate of drug-likeness (QED) is 0.596. The van der Waals surface area contributed by atoms with Crippen molar-refractivity contribution in [2.45, 2.75) is 39.7 Å². The summed E-state index contributed by atoms with van der Waals surface area (Å²) in [6.45, 7) is 6.14. The Morgan fingerprint density at radius 3 is 2.31 bits per heavy atom. The fraction of sp³-hybridized carbons (Fsp3) is 0.818. The van der Waals surface area contributed by atoms with Gasteiger partial charge in [0.1, 0.15) is 0 Å². The average molecular weight is 230 g/mol. The van der Waals surface area contributed by atoms with Gasteiger partial charge < -0.3 is 16.2 Å². The lowest BCUT2D eigenvalue weighted by molar-refractivity contribution is -0.138. The third kappa shape index (κ3) is 7.23. The maximum Gasteiger partial charge on any atom is 0.303 e. The van der Waals surface area contributed by atoms with E-state index in [-0.39, 0.29) is 18.2 Å². The van der Waals surface area contributed by atoms with Crippen LogP contribution in [0.4, 0.5) is 0 Å². The molecule has 5 heteroatoms. The number of carbonyl (C=O) groups is 2. The second-order valence-electron chi connectivity index (χ2n) is 4.68. The largest absolute Gasteiger partial charge is 0.481 e. The molecule has 1 amide bonds. The van der Waals surface area contributed by atoms with Crippen LogP contribution in [0, 0.1) is 11.8 Å². The Hall–Kier alpha value is -1.10. The van der Waals surface area contributed by atoms with E-state index in [0.717, 1.165) is 0 Å². The number of amides is 1. The maximum absolute atomic E-state index is 11.5. The molecule has 0 aliphatic heterocycles. The molecule has 2 atom stereocenters. The molecule has 94 valence electrons. The van der Waals surface area contributed by atoms with Gasteiger partial charge in [-0.25, -0.2) is 0 Å². The third-order valence-corrected chi connectivity index (χ3v) is 2.21. The normalized spacial score (nSPS) is 14.6. The number of rotatable bonds is 7. The van der Waals surface area contributed by atoms with Crippen molar-refractivity contribution < 1.29 is 14.7 Å². The van der Waals surface area contributed by atoms with Gasteiger partial charge >= 0.3 is 5.97 Å². The predicted molar refractivity (Wildman–Crippen MR) is 61.9 cm³/mol. The van der Waals surface area contributed by atoms with Gasteiger partial charge in [0.05, 0.1) is 6.04 Å². The van der Waals surface area contributed by atoms with Gasteiger partial charge in [-0.1, -0.05) is 20.8 Å². The van der Waals surface area contributed by atoms with Crippen LogP contribution in [0.5, 0.6) is 0 Å². The summed E-state index contributed by atoms with van der Waals surface area (Å²) in [7, 11) is 0. The molecule has 0 rings (SSSR count). The molecular weight excluding hydrogens is 208 g/mol. The lowest BCUT2D eigenvalue weighted by Gasteiger charge is -2.16. The van der Waals surface area contributed by atoms with E-state index >= 15 is 0 Å². The minimum atomic E-state index is -0.853. The van der Waals surface area contributed by atoms with Crippen LogP contribution < -0.4 is 11.1 Å². The summed E-state index contributed by atoms with van der Waals surface area (Å²) in [5.41, 5.74) is 5.68. The molecule has 0 fully saturated rings. The standard InChI is InChI=1S/C11H22N2O3/c1-7(2)4-9(12)11(16)13-6-8(3)5-10(14)15/h7-9H,4-6,12H2,1-3H3,(H,13,16)(H,14,15)/t8?,9-/m0/s1. The molecule has 4 N–H and O–H groups in total. The Labute approximate surface area is 96.4 Å². The Morgan fingerprint density at radius 1 is 1.31 bits per heavy atom. The molecule has 0 aliphatic carbocycles. The van der Waals surface area contributed by atoms with Crippen molar-refractivity contribution in [1.29, 1.82) is 0 Å². The van der Waals surface area contributed by atoms with Gasteiger partial charge in [-0.15, -0.1) is 0 Å². The molecule has 0 aromatic rings. The van der Waals surface area contributed by atoms with Crippen molar-refractivity contribution in [1.82, 2.24) is 5.32 Å². The highest BCUT2D eigenvalue weighted by Crippen LogP contribution is 2.03. The summed E-state index contributed by atoms with van der Waals surface area (Å²) in [4.78, 5) is 21.9. The van der Waals surface area contributed by atoms with E-state index in [1.165, 1.54) is 0 Å². The average Bonchev–Trinajstić information content (AvgIpc) is 2.11. The van der Waals surface area contributed by atoms with Gasteiger partial charge in [0.25, 0.3) is 0 Å². The predicted octanol–water partition coefficient (Wildman–Crippen LogP) is 0.587. The van der Waals surface area contributed by atoms with E-state index in [2.05, 4.69) is 5.32 Å². The summed E-state index contributed by atoms with van der Waals surface area (Å²) in [5.74, 6) is -0.760. The van der Waals surface area contributed by atoms with Crippen LogP contribution in [0.3, 0.4) is 0 Å². The van der Waals surface area contributed by atoms with E-state index in [9.17, 15) is 9.59 Å². The molecule has 0 spiro atoms. The summed E-state index contributed by atoms with van der Waals surface area (Å²) in [6.07, 6.45) is 0.693. The van der Waals surface area contributed by atoms with Crippen molar-refractivity contribution in [2.75, 3.05) is 6.54 Å². The van der Waals surface area contributed by atoms with Crippen molar-refractivity contribution in [2.24, 2.45) is 17.6 Å². The number of hydrogen-bond acceptors (Lipinski definition) is 3. The molecule has 1 unspecified atom stereocenters. The molecule has 0 saturated heterocycles. The molecule has 0 heterocycles. The molecule has 0 aromatic heterocycles. The zero-order valence-corrected chi connectivity index (χ0v) is 10.2. The van der Waals surface area contributed by atoms with Crippen molar-refractivity contribution in [3.8, 4) is 0 Å². The van der Waals surface area contributed by atoms with Crippen LogP contribution in [0.2, 0.25) is 0 Å². The first-order valence-corrected chi connectivity index (χ1v) is 5.58. The minimum Gasteiger partial charge on any atom is -0.481 e. The highest BCUT2D eigenvalue weighted by atomic mass is 16.4. The van der Waals surface area contributed by atoms with E-state index in [1.807, 2.05) is 13.8 Å². The third-order valence-electron chi connectivity index (χ3n) is 2.21. The lowest BCUT2D eigenvalue weighted by atomic mass is 10.0. The first-order chi connectivity index (χ1) is 7.32. The topological polar surface area (TPSA) is 92.4 Å². The molecule has 0 bridgehead atoms. The van der Waals surface area contributed by atoms with Gasteiger partial charge in [0, 0.05) is 13.0 Å². The molecule has 0 radical (unpaired) electrons. The second kappa shape index (κ2) is 7.22. The van der Waals surface area contributed by atoms with Crippen LogP contribution in [-0.2, 0) is 9.59 Å². The number of carboxylic acids is 1. The number of nitrogens with one attached hydrogen (secondary N) is 1. The van der Waals surface area contributed by atoms with Crippen molar-refractivity contribution in [3.63, 3.8) is 0 Å². The Balaban J connectivity index is 3.83. The number of carboxylic acid groups (broad SMARTS) is 1. The number of carbonyl (C=O) groups excluding carboxylic acids is 1. The van der Waals surface area contributed by atoms with Gasteiger partial charge in [-0.05, 0) is 18.3 Å². The molecule has 0 saturated carbocycles. The van der Waals surface area contributed by atoms with Crippen LogP contribution in [0.25, 0.3) is 0 Å². The van der Waals surface area contributed by atoms with Gasteiger partial charge in [-0.2, -0.15) is 0 Å². The highest BCUT2D eigenvalue weighted by Gasteiger charge is 2.16. The van der Waals surface area contributed by atoms with Crippen LogP contribution in [0.1, 0.15) is 33.6 Å². The molecular formula is C11H22N2O3. The zero-order valence-electron chi connectivity index (χ0n) is 10.2. The zero-order chi connectivity index (χ0) is 12.7. The molecule has 16 heavy (non-hydrogen) atoms. The summed E-state index contributed by atoms with van der Waals surface area (Å²) in [5, 5.41) is 11.2. The summed E-state index contributed by atoms with van der Waals surface area (Å²) < 4.78 is 0. The van der Waals surface area contributed by atoms with E-state index in [4.69, 9.17) is 10.8 Å². The molecule has 0 aromatic carbocycles. The Kier molecular flexibility index (Phi) is 6.72. The van der Waals surface area contributed by atoms with E-state index < -0.39 is 12.0 Å². The first-order valence-electron chi connectivity index (χ1n) is 5.58. The van der Waals surface area contributed by atoms with Crippen LogP contribution in [0.15, 0.2) is 0 Å². The molecule has 5 nitrogen and oxygen atoms in total. The Bertz CT molecular complexity index is 241. The summed E-state index contributed by atoms with van der Waals surface area (Å²) >= 11 is 0. The number of aliphatic carboxylic acids is 1. The SMILES string of the molecule is CC(C)C[C@H](N)C(=O)NCC(C)CC(=O)O. The minimum absolute atomic E-state index is 0.0553. The number of nitrogens with two attached hydrogens (primary N) is 1. The Morgan fingerprint density at radius 2 is 1.88 bits per heavy atom. The summed E-state index contributed by atoms with van der Waals surface area (Å²) in [6, 6.07) is -0.503. The van der Waals surface area contributed by atoms with Crippen molar-refractivity contribution >= 4 is 11.9 Å². The smallest absolute Gasteiger partial charge is 0.303 e. The lowest BCUT2D eigenvalue weighted by Crippen LogP contribution is -2.43. The van der Waals surface area contributed by atoms with E-state index in [1.54, 1.807) is 6.92 Å². The fourth-order valence-corrected chi connectivity index (χ4v) is 1.39.